The fraction of sp³-hybridized carbons (Fsp3) is 0.482. The number of ether oxygens (including phenoxy) is 6. The number of aromatic nitrogens is 2. The number of carbonyl (C=O) groups excluding carboxylic acids is 9. The Kier molecular flexibility index (Phi) is 21.0. The third kappa shape index (κ3) is 14.9. The molecule has 0 saturated carbocycles. The van der Waals surface area contributed by atoms with E-state index in [2.05, 4.69) is 42.5 Å². The Balaban J connectivity index is 0.673. The maximum Gasteiger partial charge on any atom is 0.343 e. The highest BCUT2D eigenvalue weighted by molar-refractivity contribution is 5.98. The van der Waals surface area contributed by atoms with Crippen LogP contribution in [-0.4, -0.2) is 179 Å². The molecule has 5 heterocycles. The molecule has 13 N–H and O–H groups in total. The second-order valence-electron chi connectivity index (χ2n) is 20.7. The van der Waals surface area contributed by atoms with Gasteiger partial charge in [0.2, 0.25) is 35.4 Å². The molecule has 8 rings (SSSR count). The van der Waals surface area contributed by atoms with E-state index in [0.29, 0.717) is 108 Å². The van der Waals surface area contributed by atoms with E-state index in [4.69, 9.17) is 44.9 Å². The zero-order valence-corrected chi connectivity index (χ0v) is 47.4. The zero-order chi connectivity index (χ0) is 61.7. The van der Waals surface area contributed by atoms with Gasteiger partial charge in [0.15, 0.2) is 11.1 Å². The summed E-state index contributed by atoms with van der Waals surface area (Å²) in [6.45, 7) is 2.17. The number of anilines is 2. The minimum absolute atomic E-state index is 0.00992. The summed E-state index contributed by atoms with van der Waals surface area (Å²) in [5, 5.41) is 32.0. The van der Waals surface area contributed by atoms with Crippen LogP contribution in [0.4, 0.5) is 15.8 Å². The number of nitrogens with zero attached hydrogens (tertiary/aromatic N) is 2. The van der Waals surface area contributed by atoms with Crippen LogP contribution in [0.3, 0.4) is 0 Å². The standard InChI is InChI=1S/C56H69FN12O17/c1-3-56(80)35-19-41-50-33(26-69(41)52(77)34(35)27-86-54(56)79)49-39(7-5-32-30(2)36(57)20-40(66-50)48(32)49)67-53(78)55(28-85-29-55)68-47(75)25-65-46(74)24-64-45(73)23-63-44(72)22-62-43(71)21-61-42(70)8-10-81-12-14-83-16-17-84-15-13-82-11-9-60-51(76)31-4-6-37(58)38(59)18-31/h4,6,18-20,39,80H,3,5,7-17,21-29,58-59H2,1-2H3,(H,60,76)(H,61,70)(H,62,71)(H,63,72)(H,64,73)(H,65,74)(H,67,78)(H,68,75)/t39-,56-/m1/s1. The number of halogens is 1. The lowest BCUT2D eigenvalue weighted by Gasteiger charge is -2.41. The summed E-state index contributed by atoms with van der Waals surface area (Å²) in [6.07, 6.45) is 0.541. The Labute approximate surface area is 490 Å². The van der Waals surface area contributed by atoms with Gasteiger partial charge in [0.05, 0.1) is 145 Å². The molecule has 2 aromatic heterocycles. The van der Waals surface area contributed by atoms with Gasteiger partial charge in [0, 0.05) is 41.1 Å². The van der Waals surface area contributed by atoms with E-state index < -0.39 is 109 Å². The third-order valence-corrected chi connectivity index (χ3v) is 14.9. The number of pyridine rings is 2. The number of nitrogens with two attached hydrogens (primary N) is 2. The fourth-order valence-corrected chi connectivity index (χ4v) is 10.1. The minimum atomic E-state index is -2.08. The van der Waals surface area contributed by atoms with E-state index in [9.17, 15) is 53.1 Å². The van der Waals surface area contributed by atoms with Gasteiger partial charge in [0.25, 0.3) is 17.4 Å². The SMILES string of the molecule is CC[C@]1(O)C(=O)OCc2c1cc1n(c2=O)Cc2c-1nc1cc(F)c(C)c3c1c2[C@H](NC(=O)C1(NC(=O)CNC(=O)CNC(=O)CNC(=O)CNC(=O)CNC(=O)CCOCCOCCOCCOCCNC(=O)c2ccc(N)c(N)c2)COC1)CC3. The van der Waals surface area contributed by atoms with Gasteiger partial charge in [-0.1, -0.05) is 6.92 Å². The van der Waals surface area contributed by atoms with E-state index in [0.717, 1.165) is 0 Å². The third-order valence-electron chi connectivity index (χ3n) is 14.9. The second kappa shape index (κ2) is 28.5. The number of nitrogen functional groups attached to an aromatic ring is 2. The maximum absolute atomic E-state index is 15.5. The van der Waals surface area contributed by atoms with Gasteiger partial charge in [-0.15, -0.1) is 0 Å². The number of aliphatic hydroxyl groups is 1. The largest absolute Gasteiger partial charge is 0.458 e. The molecule has 1 aliphatic carbocycles. The molecule has 8 amide bonds. The van der Waals surface area contributed by atoms with Crippen LogP contribution in [0.15, 0.2) is 35.1 Å². The first kappa shape index (κ1) is 63.3. The Morgan fingerprint density at radius 1 is 0.733 bits per heavy atom. The highest BCUT2D eigenvalue weighted by atomic mass is 19.1. The number of rotatable bonds is 30. The average Bonchev–Trinajstić information content (AvgIpc) is 1.50. The van der Waals surface area contributed by atoms with Crippen molar-refractivity contribution >= 4 is 75.5 Å². The molecular weight excluding hydrogens is 1130 g/mol. The van der Waals surface area contributed by atoms with Gasteiger partial charge in [0.1, 0.15) is 12.4 Å². The van der Waals surface area contributed by atoms with Gasteiger partial charge in [-0.3, -0.25) is 43.2 Å². The van der Waals surface area contributed by atoms with Crippen molar-refractivity contribution in [2.75, 3.05) is 117 Å². The predicted molar refractivity (Wildman–Crippen MR) is 301 cm³/mol. The van der Waals surface area contributed by atoms with Crippen LogP contribution in [0, 0.1) is 12.7 Å². The molecule has 4 aromatic rings. The van der Waals surface area contributed by atoms with E-state index in [1.165, 1.54) is 16.7 Å². The molecule has 0 bridgehead atoms. The first-order valence-corrected chi connectivity index (χ1v) is 27.8. The van der Waals surface area contributed by atoms with Crippen LogP contribution < -0.4 is 59.6 Å². The lowest BCUT2D eigenvalue weighted by atomic mass is 9.81. The van der Waals surface area contributed by atoms with Gasteiger partial charge < -0.3 is 92.1 Å². The van der Waals surface area contributed by atoms with E-state index in [1.54, 1.807) is 32.0 Å². The topological polar surface area (TPSA) is 412 Å². The molecular formula is C56H69FN12O17. The van der Waals surface area contributed by atoms with Crippen LogP contribution in [0.5, 0.6) is 0 Å². The molecule has 0 unspecified atom stereocenters. The predicted octanol–water partition coefficient (Wildman–Crippen LogP) is -2.85. The number of amides is 8. The summed E-state index contributed by atoms with van der Waals surface area (Å²) in [7, 11) is 0. The molecule has 29 nitrogen and oxygen atoms in total. The quantitative estimate of drug-likeness (QED) is 0.0125. The van der Waals surface area contributed by atoms with Gasteiger partial charge >= 0.3 is 5.97 Å². The Morgan fingerprint density at radius 3 is 1.90 bits per heavy atom. The summed E-state index contributed by atoms with van der Waals surface area (Å²) in [5.41, 5.74) is 11.8. The van der Waals surface area contributed by atoms with Crippen molar-refractivity contribution in [3.8, 4) is 11.4 Å². The van der Waals surface area contributed by atoms with Crippen molar-refractivity contribution in [3.05, 3.63) is 85.4 Å². The Bertz CT molecular complexity index is 3370. The van der Waals surface area contributed by atoms with Crippen molar-refractivity contribution < 1.29 is 81.1 Å². The Morgan fingerprint density at radius 2 is 1.31 bits per heavy atom. The summed E-state index contributed by atoms with van der Waals surface area (Å²) in [4.78, 5) is 133. The zero-order valence-electron chi connectivity index (χ0n) is 47.4. The van der Waals surface area contributed by atoms with Crippen LogP contribution >= 0.6 is 0 Å². The summed E-state index contributed by atoms with van der Waals surface area (Å²) < 4.78 is 49.2. The highest BCUT2D eigenvalue weighted by Crippen LogP contribution is 2.46. The lowest BCUT2D eigenvalue weighted by Crippen LogP contribution is -2.71. The number of nitrogens with one attached hydrogen (secondary N) is 8. The first-order chi connectivity index (χ1) is 41.2. The average molecular weight is 1200 g/mol. The molecule has 1 saturated heterocycles. The smallest absolute Gasteiger partial charge is 0.343 e. The van der Waals surface area contributed by atoms with Crippen LogP contribution in [-0.2, 0) is 92.0 Å². The van der Waals surface area contributed by atoms with Crippen LogP contribution in [0.1, 0.15) is 76.0 Å². The number of fused-ring (bicyclic) bond motifs is 5. The van der Waals surface area contributed by atoms with E-state index in [1.807, 2.05) is 0 Å². The Hall–Kier alpha value is -8.68. The summed E-state index contributed by atoms with van der Waals surface area (Å²) in [5.74, 6) is -6.49. The number of benzene rings is 2. The number of carbonyl (C=O) groups is 9. The molecule has 0 spiro atoms. The van der Waals surface area contributed by atoms with Crippen molar-refractivity contribution in [1.82, 2.24) is 52.1 Å². The van der Waals surface area contributed by atoms with Crippen molar-refractivity contribution in [2.45, 2.75) is 69.9 Å². The second-order valence-corrected chi connectivity index (χ2v) is 20.7. The number of aryl methyl sites for hydroxylation is 1. The monoisotopic (exact) mass is 1200 g/mol. The molecule has 4 aliphatic rings. The number of cyclic esters (lactones) is 1. The summed E-state index contributed by atoms with van der Waals surface area (Å²) in [6, 6.07) is 6.76. The van der Waals surface area contributed by atoms with Gasteiger partial charge in [-0.2, -0.15) is 0 Å². The number of hydrogen-bond donors (Lipinski definition) is 11. The van der Waals surface area contributed by atoms with Crippen LogP contribution in [0.2, 0.25) is 0 Å². The molecule has 0 radical (unpaired) electrons. The normalized spacial score (nSPS) is 16.7. The maximum atomic E-state index is 15.5. The molecule has 30 heteroatoms. The molecule has 3 aliphatic heterocycles. The van der Waals surface area contributed by atoms with Crippen molar-refractivity contribution in [1.29, 1.82) is 0 Å². The van der Waals surface area contributed by atoms with Crippen molar-refractivity contribution in [3.63, 3.8) is 0 Å². The summed E-state index contributed by atoms with van der Waals surface area (Å²) >= 11 is 0. The molecule has 86 heavy (non-hydrogen) atoms. The van der Waals surface area contributed by atoms with Crippen LogP contribution in [0.25, 0.3) is 22.3 Å². The molecule has 2 aromatic carbocycles. The lowest BCUT2D eigenvalue weighted by molar-refractivity contribution is -0.172. The molecule has 1 fully saturated rings. The minimum Gasteiger partial charge on any atom is -0.458 e. The first-order valence-electron chi connectivity index (χ1n) is 27.8. The molecule has 2 atom stereocenters. The van der Waals surface area contributed by atoms with Crippen molar-refractivity contribution in [2.24, 2.45) is 0 Å². The fourth-order valence-electron chi connectivity index (χ4n) is 10.1. The van der Waals surface area contributed by atoms with Gasteiger partial charge in [-0.05, 0) is 67.1 Å². The van der Waals surface area contributed by atoms with Gasteiger partial charge in [-0.25, -0.2) is 14.2 Å². The number of esters is 1. The van der Waals surface area contributed by atoms with E-state index in [-0.39, 0.29) is 81.6 Å². The highest BCUT2D eigenvalue weighted by Gasteiger charge is 2.49. The van der Waals surface area contributed by atoms with E-state index >= 15 is 4.39 Å². The molecule has 462 valence electrons. The number of hydrogen-bond acceptors (Lipinski definition) is 20.